The number of carbonyl (C=O) groups excluding carboxylic acids is 1. The molecule has 6 nitrogen and oxygen atoms in total. The van der Waals surface area contributed by atoms with E-state index in [1.165, 1.54) is 34.2 Å². The Hall–Kier alpha value is -2.58. The molecule has 1 unspecified atom stereocenters. The quantitative estimate of drug-likeness (QED) is 0.528. The first kappa shape index (κ1) is 20.2. The van der Waals surface area contributed by atoms with Crippen LogP contribution in [0.2, 0.25) is 0 Å². The maximum Gasteiger partial charge on any atom is 0.237 e. The summed E-state index contributed by atoms with van der Waals surface area (Å²) in [6.07, 6.45) is 0. The van der Waals surface area contributed by atoms with Crippen LogP contribution < -0.4 is 15.4 Å². The number of carbonyl (C=O) groups is 1. The number of hydrogen-bond acceptors (Lipinski definition) is 7. The van der Waals surface area contributed by atoms with E-state index in [0.717, 1.165) is 10.0 Å². The van der Waals surface area contributed by atoms with Gasteiger partial charge in [-0.2, -0.15) is 0 Å². The van der Waals surface area contributed by atoms with Crippen LogP contribution in [-0.4, -0.2) is 28.5 Å². The molecule has 3 rings (SSSR count). The maximum atomic E-state index is 12.5. The average Bonchev–Trinajstić information content (AvgIpc) is 3.12. The van der Waals surface area contributed by atoms with Crippen LogP contribution in [0.3, 0.4) is 0 Å². The number of benzene rings is 2. The minimum absolute atomic E-state index is 0.0995. The fraction of sp³-hybridized carbons (Fsp3) is 0.250. The van der Waals surface area contributed by atoms with E-state index in [2.05, 4.69) is 40.7 Å². The van der Waals surface area contributed by atoms with Crippen molar-refractivity contribution in [3.05, 3.63) is 53.6 Å². The van der Waals surface area contributed by atoms with E-state index < -0.39 is 0 Å². The number of aromatic nitrogens is 2. The van der Waals surface area contributed by atoms with Crippen molar-refractivity contribution in [3.8, 4) is 5.75 Å². The predicted octanol–water partition coefficient (Wildman–Crippen LogP) is 5.03. The zero-order valence-corrected chi connectivity index (χ0v) is 17.8. The minimum atomic E-state index is -0.312. The summed E-state index contributed by atoms with van der Waals surface area (Å²) in [7, 11) is 1.60. The van der Waals surface area contributed by atoms with Gasteiger partial charge in [0, 0.05) is 17.4 Å². The highest BCUT2D eigenvalue weighted by atomic mass is 32.2. The highest BCUT2D eigenvalue weighted by Gasteiger charge is 2.18. The summed E-state index contributed by atoms with van der Waals surface area (Å²) >= 11 is 2.81. The number of nitrogens with one attached hydrogen (secondary N) is 2. The fourth-order valence-electron chi connectivity index (χ4n) is 2.46. The Labute approximate surface area is 172 Å². The first-order valence-corrected chi connectivity index (χ1v) is 10.4. The summed E-state index contributed by atoms with van der Waals surface area (Å²) in [5.74, 6) is 0.599. The zero-order chi connectivity index (χ0) is 20.1. The Morgan fingerprint density at radius 1 is 1.18 bits per heavy atom. The molecule has 0 saturated carbocycles. The summed E-state index contributed by atoms with van der Waals surface area (Å²) in [4.78, 5) is 12.5. The number of rotatable bonds is 7. The molecule has 1 heterocycles. The van der Waals surface area contributed by atoms with Crippen LogP contribution in [0.5, 0.6) is 5.75 Å². The Morgan fingerprint density at radius 3 is 2.75 bits per heavy atom. The van der Waals surface area contributed by atoms with Gasteiger partial charge in [-0.3, -0.25) is 4.79 Å². The third-order valence-electron chi connectivity index (χ3n) is 4.24. The number of amides is 1. The van der Waals surface area contributed by atoms with Crippen molar-refractivity contribution in [2.45, 2.75) is 30.4 Å². The molecule has 1 aromatic heterocycles. The molecule has 2 aromatic carbocycles. The largest absolute Gasteiger partial charge is 0.497 e. The Balaban J connectivity index is 1.60. The number of aryl methyl sites for hydroxylation is 1. The van der Waals surface area contributed by atoms with E-state index in [4.69, 9.17) is 4.74 Å². The summed E-state index contributed by atoms with van der Waals surface area (Å²) in [6, 6.07) is 13.4. The van der Waals surface area contributed by atoms with Gasteiger partial charge in [0.15, 0.2) is 4.34 Å². The van der Waals surface area contributed by atoms with Crippen LogP contribution in [0.15, 0.2) is 46.8 Å². The van der Waals surface area contributed by atoms with Crippen molar-refractivity contribution in [1.29, 1.82) is 0 Å². The van der Waals surface area contributed by atoms with Crippen LogP contribution >= 0.6 is 23.1 Å². The molecule has 3 aromatic rings. The molecule has 1 amide bonds. The van der Waals surface area contributed by atoms with Crippen molar-refractivity contribution in [2.75, 3.05) is 17.7 Å². The predicted molar refractivity (Wildman–Crippen MR) is 116 cm³/mol. The number of thioether (sulfide) groups is 1. The van der Waals surface area contributed by atoms with E-state index in [1.54, 1.807) is 13.2 Å². The molecular formula is C20H22N4O2S2. The van der Waals surface area contributed by atoms with Crippen LogP contribution in [0.1, 0.15) is 18.1 Å². The number of ether oxygens (including phenoxy) is 1. The molecular weight excluding hydrogens is 392 g/mol. The fourth-order valence-corrected chi connectivity index (χ4v) is 4.37. The molecule has 28 heavy (non-hydrogen) atoms. The van der Waals surface area contributed by atoms with Gasteiger partial charge < -0.3 is 15.4 Å². The van der Waals surface area contributed by atoms with Gasteiger partial charge in [-0.05, 0) is 50.1 Å². The van der Waals surface area contributed by atoms with Crippen molar-refractivity contribution in [1.82, 2.24) is 10.2 Å². The normalized spacial score (nSPS) is 11.7. The van der Waals surface area contributed by atoms with Crippen LogP contribution in [0.4, 0.5) is 16.5 Å². The molecule has 2 N–H and O–H groups in total. The third-order valence-corrected chi connectivity index (χ3v) is 6.26. The van der Waals surface area contributed by atoms with Crippen LogP contribution in [-0.2, 0) is 4.79 Å². The minimum Gasteiger partial charge on any atom is -0.497 e. The second-order valence-electron chi connectivity index (χ2n) is 6.23. The average molecular weight is 415 g/mol. The van der Waals surface area contributed by atoms with Gasteiger partial charge in [0.1, 0.15) is 5.75 Å². The topological polar surface area (TPSA) is 76.1 Å². The first-order chi connectivity index (χ1) is 13.5. The molecule has 0 saturated heterocycles. The summed E-state index contributed by atoms with van der Waals surface area (Å²) in [5.41, 5.74) is 4.10. The standard InChI is InChI=1S/C20H22N4O2S2/c1-12-7-5-10-17(13(12)2)22-19-23-24-20(28-19)27-14(3)18(25)21-15-8-6-9-16(11-15)26-4/h5-11,14H,1-4H3,(H,21,25)(H,22,23). The van der Waals surface area contributed by atoms with Gasteiger partial charge in [0.05, 0.1) is 12.4 Å². The molecule has 146 valence electrons. The summed E-state index contributed by atoms with van der Waals surface area (Å²) < 4.78 is 5.92. The molecule has 8 heteroatoms. The summed E-state index contributed by atoms with van der Waals surface area (Å²) in [5, 5.41) is 15.0. The lowest BCUT2D eigenvalue weighted by Crippen LogP contribution is -2.22. The molecule has 1 atom stereocenters. The lowest BCUT2D eigenvalue weighted by molar-refractivity contribution is -0.115. The highest BCUT2D eigenvalue weighted by molar-refractivity contribution is 8.02. The number of anilines is 3. The van der Waals surface area contributed by atoms with Gasteiger partial charge in [-0.25, -0.2) is 0 Å². The smallest absolute Gasteiger partial charge is 0.237 e. The van der Waals surface area contributed by atoms with Crippen molar-refractivity contribution >= 4 is 45.5 Å². The molecule has 0 aliphatic carbocycles. The van der Waals surface area contributed by atoms with Gasteiger partial charge in [-0.1, -0.05) is 41.3 Å². The van der Waals surface area contributed by atoms with Gasteiger partial charge in [0.2, 0.25) is 11.0 Å². The highest BCUT2D eigenvalue weighted by Crippen LogP contribution is 2.32. The van der Waals surface area contributed by atoms with E-state index in [9.17, 15) is 4.79 Å². The number of nitrogens with zero attached hydrogens (tertiary/aromatic N) is 2. The van der Waals surface area contributed by atoms with Crippen molar-refractivity contribution in [2.24, 2.45) is 0 Å². The summed E-state index contributed by atoms with van der Waals surface area (Å²) in [6.45, 7) is 5.99. The molecule has 0 aliphatic rings. The Morgan fingerprint density at radius 2 is 1.96 bits per heavy atom. The molecule has 0 bridgehead atoms. The first-order valence-electron chi connectivity index (χ1n) is 8.74. The van der Waals surface area contributed by atoms with Crippen LogP contribution in [0, 0.1) is 13.8 Å². The lowest BCUT2D eigenvalue weighted by Gasteiger charge is -2.11. The van der Waals surface area contributed by atoms with Crippen molar-refractivity contribution in [3.63, 3.8) is 0 Å². The van der Waals surface area contributed by atoms with Crippen molar-refractivity contribution < 1.29 is 9.53 Å². The van der Waals surface area contributed by atoms with E-state index in [1.807, 2.05) is 37.3 Å². The molecule has 0 spiro atoms. The Bertz CT molecular complexity index is 974. The van der Waals surface area contributed by atoms with E-state index in [0.29, 0.717) is 16.6 Å². The maximum absolute atomic E-state index is 12.5. The van der Waals surface area contributed by atoms with Gasteiger partial charge in [0.25, 0.3) is 0 Å². The molecule has 0 fully saturated rings. The van der Waals surface area contributed by atoms with E-state index >= 15 is 0 Å². The molecule has 0 aliphatic heterocycles. The Kier molecular flexibility index (Phi) is 6.53. The number of methoxy groups -OCH3 is 1. The van der Waals surface area contributed by atoms with E-state index in [-0.39, 0.29) is 11.2 Å². The number of hydrogen-bond donors (Lipinski definition) is 2. The van der Waals surface area contributed by atoms with Gasteiger partial charge >= 0.3 is 0 Å². The monoisotopic (exact) mass is 414 g/mol. The second-order valence-corrected chi connectivity index (χ2v) is 8.79. The SMILES string of the molecule is COc1cccc(NC(=O)C(C)Sc2nnc(Nc3cccc(C)c3C)s2)c1. The zero-order valence-electron chi connectivity index (χ0n) is 16.1. The third kappa shape index (κ3) is 5.02. The van der Waals surface area contributed by atoms with Gasteiger partial charge in [-0.15, -0.1) is 10.2 Å². The lowest BCUT2D eigenvalue weighted by atomic mass is 10.1. The molecule has 0 radical (unpaired) electrons. The van der Waals surface area contributed by atoms with Crippen LogP contribution in [0.25, 0.3) is 0 Å². The second kappa shape index (κ2) is 9.07.